The van der Waals surface area contributed by atoms with Crippen LogP contribution in [0.3, 0.4) is 0 Å². The highest BCUT2D eigenvalue weighted by molar-refractivity contribution is 9.10. The van der Waals surface area contributed by atoms with Crippen LogP contribution in [0.1, 0.15) is 24.8 Å². The van der Waals surface area contributed by atoms with E-state index in [4.69, 9.17) is 9.84 Å². The van der Waals surface area contributed by atoms with Crippen LogP contribution in [-0.4, -0.2) is 24.7 Å². The molecule has 0 heterocycles. The molecule has 1 aromatic carbocycles. The molecule has 0 spiro atoms. The average molecular weight is 342 g/mol. The summed E-state index contributed by atoms with van der Waals surface area (Å²) in [4.78, 5) is 11.1. The summed E-state index contributed by atoms with van der Waals surface area (Å²) in [6.07, 6.45) is 2.83. The molecule has 2 N–H and O–H groups in total. The van der Waals surface area contributed by atoms with Crippen LogP contribution in [0.25, 0.3) is 0 Å². The number of carbonyl (C=O) groups is 1. The van der Waals surface area contributed by atoms with E-state index in [1.807, 2.05) is 18.2 Å². The Kier molecular flexibility index (Phi) is 5.43. The molecule has 5 heteroatoms. The van der Waals surface area contributed by atoms with Gasteiger partial charge in [-0.05, 0) is 49.1 Å². The lowest BCUT2D eigenvalue weighted by Gasteiger charge is -2.17. The lowest BCUT2D eigenvalue weighted by atomic mass is 9.96. The van der Waals surface area contributed by atoms with Crippen molar-refractivity contribution in [3.05, 3.63) is 28.2 Å². The maximum absolute atomic E-state index is 11.1. The molecule has 1 fully saturated rings. The third kappa shape index (κ3) is 3.73. The standard InChI is InChI=1S/C15H20BrNO3/c1-20-12-5-6-14(16)11(7-12)9-17-8-10-3-2-4-13(10)15(18)19/h5-7,10,13,17H,2-4,8-9H2,1H3,(H,18,19). The van der Waals surface area contributed by atoms with E-state index in [0.717, 1.165) is 41.6 Å². The van der Waals surface area contributed by atoms with Crippen molar-refractivity contribution in [1.29, 1.82) is 0 Å². The zero-order valence-electron chi connectivity index (χ0n) is 11.6. The second-order valence-electron chi connectivity index (χ2n) is 5.22. The van der Waals surface area contributed by atoms with Gasteiger partial charge in [0.05, 0.1) is 13.0 Å². The number of aliphatic carboxylic acids is 1. The minimum Gasteiger partial charge on any atom is -0.497 e. The highest BCUT2D eigenvalue weighted by Crippen LogP contribution is 2.31. The van der Waals surface area contributed by atoms with Crippen molar-refractivity contribution >= 4 is 21.9 Å². The fourth-order valence-corrected chi connectivity index (χ4v) is 3.20. The molecule has 0 amide bonds. The molecule has 2 atom stereocenters. The third-order valence-electron chi connectivity index (χ3n) is 3.95. The number of methoxy groups -OCH3 is 1. The van der Waals surface area contributed by atoms with Gasteiger partial charge < -0.3 is 15.2 Å². The van der Waals surface area contributed by atoms with E-state index < -0.39 is 5.97 Å². The Balaban J connectivity index is 1.88. The van der Waals surface area contributed by atoms with Crippen molar-refractivity contribution in [3.63, 3.8) is 0 Å². The Morgan fingerprint density at radius 2 is 2.30 bits per heavy atom. The van der Waals surface area contributed by atoms with Crippen molar-refractivity contribution < 1.29 is 14.6 Å². The summed E-state index contributed by atoms with van der Waals surface area (Å²) in [5.41, 5.74) is 1.12. The van der Waals surface area contributed by atoms with Gasteiger partial charge in [-0.3, -0.25) is 4.79 Å². The molecule has 0 aromatic heterocycles. The van der Waals surface area contributed by atoms with Crippen molar-refractivity contribution in [2.24, 2.45) is 11.8 Å². The predicted molar refractivity (Wildman–Crippen MR) is 80.9 cm³/mol. The van der Waals surface area contributed by atoms with Crippen LogP contribution in [0.2, 0.25) is 0 Å². The molecule has 1 aliphatic rings. The first-order valence-corrected chi connectivity index (χ1v) is 7.67. The molecule has 0 bridgehead atoms. The fourth-order valence-electron chi connectivity index (χ4n) is 2.81. The minimum absolute atomic E-state index is 0.184. The first kappa shape index (κ1) is 15.3. The first-order valence-electron chi connectivity index (χ1n) is 6.87. The summed E-state index contributed by atoms with van der Waals surface area (Å²) in [6.45, 7) is 1.46. The van der Waals surface area contributed by atoms with Crippen molar-refractivity contribution in [1.82, 2.24) is 5.32 Å². The molecule has 0 saturated heterocycles. The van der Waals surface area contributed by atoms with Crippen LogP contribution in [0.4, 0.5) is 0 Å². The van der Waals surface area contributed by atoms with Crippen LogP contribution >= 0.6 is 15.9 Å². The summed E-state index contributed by atoms with van der Waals surface area (Å²) in [5, 5.41) is 12.5. The topological polar surface area (TPSA) is 58.6 Å². The molecule has 1 saturated carbocycles. The molecule has 1 aromatic rings. The predicted octanol–water partition coefficient (Wildman–Crippen LogP) is 3.05. The van der Waals surface area contributed by atoms with Crippen molar-refractivity contribution in [2.45, 2.75) is 25.8 Å². The maximum Gasteiger partial charge on any atom is 0.306 e. The van der Waals surface area contributed by atoms with Gasteiger partial charge in [-0.25, -0.2) is 0 Å². The van der Waals surface area contributed by atoms with Gasteiger partial charge in [0, 0.05) is 11.0 Å². The Bertz CT molecular complexity index is 478. The Morgan fingerprint density at radius 3 is 3.00 bits per heavy atom. The summed E-state index contributed by atoms with van der Waals surface area (Å²) >= 11 is 3.52. The zero-order valence-corrected chi connectivity index (χ0v) is 13.1. The number of halogens is 1. The van der Waals surface area contributed by atoms with E-state index >= 15 is 0 Å². The van der Waals surface area contributed by atoms with E-state index in [9.17, 15) is 4.79 Å². The summed E-state index contributed by atoms with van der Waals surface area (Å²) in [7, 11) is 1.65. The van der Waals surface area contributed by atoms with Gasteiger partial charge >= 0.3 is 5.97 Å². The maximum atomic E-state index is 11.1. The number of carboxylic acids is 1. The molecule has 4 nitrogen and oxygen atoms in total. The number of benzene rings is 1. The van der Waals surface area contributed by atoms with Crippen LogP contribution in [-0.2, 0) is 11.3 Å². The molecule has 1 aliphatic carbocycles. The molecular formula is C15H20BrNO3. The molecule has 2 unspecified atom stereocenters. The lowest BCUT2D eigenvalue weighted by molar-refractivity contribution is -0.142. The van der Waals surface area contributed by atoms with Crippen molar-refractivity contribution in [3.8, 4) is 5.75 Å². The smallest absolute Gasteiger partial charge is 0.306 e. The van der Waals surface area contributed by atoms with Crippen LogP contribution in [0.5, 0.6) is 5.75 Å². The lowest BCUT2D eigenvalue weighted by Crippen LogP contribution is -2.28. The second-order valence-corrected chi connectivity index (χ2v) is 6.08. The Labute approximate surface area is 127 Å². The van der Waals surface area contributed by atoms with Crippen molar-refractivity contribution in [2.75, 3.05) is 13.7 Å². The monoisotopic (exact) mass is 341 g/mol. The number of hydrogen-bond donors (Lipinski definition) is 2. The van der Waals surface area contributed by atoms with E-state index in [2.05, 4.69) is 21.2 Å². The highest BCUT2D eigenvalue weighted by Gasteiger charge is 2.32. The second kappa shape index (κ2) is 7.09. The van der Waals surface area contributed by atoms with Crippen LogP contribution in [0.15, 0.2) is 22.7 Å². The largest absolute Gasteiger partial charge is 0.497 e. The molecular weight excluding hydrogens is 322 g/mol. The minimum atomic E-state index is -0.656. The van der Waals surface area contributed by atoms with Crippen LogP contribution in [0, 0.1) is 11.8 Å². The number of rotatable bonds is 6. The van der Waals surface area contributed by atoms with E-state index in [1.165, 1.54) is 0 Å². The Morgan fingerprint density at radius 1 is 1.50 bits per heavy atom. The van der Waals surface area contributed by atoms with Gasteiger partial charge in [0.1, 0.15) is 5.75 Å². The zero-order chi connectivity index (χ0) is 14.5. The highest BCUT2D eigenvalue weighted by atomic mass is 79.9. The average Bonchev–Trinajstić information content (AvgIpc) is 2.89. The number of carboxylic acid groups (broad SMARTS) is 1. The number of nitrogens with one attached hydrogen (secondary N) is 1. The van der Waals surface area contributed by atoms with Gasteiger partial charge in [0.15, 0.2) is 0 Å². The SMILES string of the molecule is COc1ccc(Br)c(CNCC2CCCC2C(=O)O)c1. The fraction of sp³-hybridized carbons (Fsp3) is 0.533. The molecule has 0 radical (unpaired) electrons. The van der Waals surface area contributed by atoms with E-state index in [-0.39, 0.29) is 11.8 Å². The van der Waals surface area contributed by atoms with Gasteiger partial charge in [-0.1, -0.05) is 22.4 Å². The molecule has 2 rings (SSSR count). The third-order valence-corrected chi connectivity index (χ3v) is 4.72. The number of hydrogen-bond acceptors (Lipinski definition) is 3. The van der Waals surface area contributed by atoms with Crippen LogP contribution < -0.4 is 10.1 Å². The molecule has 0 aliphatic heterocycles. The first-order chi connectivity index (χ1) is 9.61. The summed E-state index contributed by atoms with van der Waals surface area (Å²) < 4.78 is 6.25. The summed E-state index contributed by atoms with van der Waals surface area (Å²) in [5.74, 6) is 0.235. The van der Waals surface area contributed by atoms with Gasteiger partial charge in [-0.2, -0.15) is 0 Å². The normalized spacial score (nSPS) is 21.9. The number of ether oxygens (including phenoxy) is 1. The summed E-state index contributed by atoms with van der Waals surface area (Å²) in [6, 6.07) is 5.86. The van der Waals surface area contributed by atoms with E-state index in [0.29, 0.717) is 6.54 Å². The van der Waals surface area contributed by atoms with Gasteiger partial charge in [-0.15, -0.1) is 0 Å². The van der Waals surface area contributed by atoms with Gasteiger partial charge in [0.25, 0.3) is 0 Å². The quantitative estimate of drug-likeness (QED) is 0.834. The van der Waals surface area contributed by atoms with Gasteiger partial charge in [0.2, 0.25) is 0 Å². The van der Waals surface area contributed by atoms with E-state index in [1.54, 1.807) is 7.11 Å². The molecule has 20 heavy (non-hydrogen) atoms. The Hall–Kier alpha value is -1.07. The molecule has 110 valence electrons.